The first-order chi connectivity index (χ1) is 12.8. The number of carbonyl (C=O) groups is 1. The minimum Gasteiger partial charge on any atom is -0.381 e. The smallest absolute Gasteiger partial charge is 0.272 e. The van der Waals surface area contributed by atoms with Crippen LogP contribution in [0.2, 0.25) is 0 Å². The Labute approximate surface area is 157 Å². The summed E-state index contributed by atoms with van der Waals surface area (Å²) in [5.74, 6) is -0.629. The van der Waals surface area contributed by atoms with E-state index >= 15 is 0 Å². The van der Waals surface area contributed by atoms with Gasteiger partial charge in [0.1, 0.15) is 17.1 Å². The molecule has 4 rings (SSSR count). The van der Waals surface area contributed by atoms with E-state index in [2.05, 4.69) is 5.10 Å². The van der Waals surface area contributed by atoms with Crippen LogP contribution < -0.4 is 0 Å². The molecule has 2 atom stereocenters. The number of amides is 1. The van der Waals surface area contributed by atoms with Crippen LogP contribution in [0.25, 0.3) is 0 Å². The number of aromatic nitrogens is 2. The van der Waals surface area contributed by atoms with E-state index < -0.39 is 11.4 Å². The monoisotopic (exact) mass is 373 g/mol. The van der Waals surface area contributed by atoms with E-state index in [0.29, 0.717) is 18.7 Å². The molecule has 1 aromatic carbocycles. The van der Waals surface area contributed by atoms with Crippen molar-refractivity contribution >= 4 is 5.91 Å². The Morgan fingerprint density at radius 2 is 2.07 bits per heavy atom. The summed E-state index contributed by atoms with van der Waals surface area (Å²) in [5.41, 5.74) is 1.18. The topological polar surface area (TPSA) is 67.6 Å². The molecule has 2 aromatic rings. The lowest BCUT2D eigenvalue weighted by atomic mass is 9.85. The molecule has 0 aliphatic carbocycles. The van der Waals surface area contributed by atoms with Gasteiger partial charge in [-0.15, -0.1) is 0 Å². The van der Waals surface area contributed by atoms with Crippen LogP contribution in [0.15, 0.2) is 24.3 Å². The average Bonchev–Trinajstić information content (AvgIpc) is 2.97. The first kappa shape index (κ1) is 18.1. The van der Waals surface area contributed by atoms with Gasteiger partial charge in [-0.05, 0) is 26.8 Å². The molecule has 2 aliphatic rings. The van der Waals surface area contributed by atoms with E-state index in [-0.39, 0.29) is 36.8 Å². The number of fused-ring (bicyclic) bond motifs is 1. The van der Waals surface area contributed by atoms with E-state index in [0.717, 1.165) is 11.3 Å². The number of aliphatic hydroxyl groups is 1. The fourth-order valence-corrected chi connectivity index (χ4v) is 4.15. The first-order valence-corrected chi connectivity index (χ1v) is 9.35. The Balaban J connectivity index is 1.61. The van der Waals surface area contributed by atoms with E-state index in [4.69, 9.17) is 4.74 Å². The van der Waals surface area contributed by atoms with Gasteiger partial charge < -0.3 is 14.7 Å². The predicted octanol–water partition coefficient (Wildman–Crippen LogP) is 2.41. The van der Waals surface area contributed by atoms with Gasteiger partial charge in [0, 0.05) is 24.1 Å². The van der Waals surface area contributed by atoms with Gasteiger partial charge in [-0.3, -0.25) is 9.48 Å². The fraction of sp³-hybridized carbons (Fsp3) is 0.500. The van der Waals surface area contributed by atoms with Crippen molar-refractivity contribution in [3.8, 4) is 0 Å². The van der Waals surface area contributed by atoms with Crippen LogP contribution in [0.3, 0.4) is 0 Å². The van der Waals surface area contributed by atoms with Gasteiger partial charge in [0.05, 0.1) is 31.0 Å². The molecule has 0 bridgehead atoms. The summed E-state index contributed by atoms with van der Waals surface area (Å²) in [6.45, 7) is 6.57. The van der Waals surface area contributed by atoms with Crippen molar-refractivity contribution in [3.05, 3.63) is 52.6 Å². The van der Waals surface area contributed by atoms with E-state index in [1.165, 1.54) is 6.07 Å². The second-order valence-corrected chi connectivity index (χ2v) is 7.49. The predicted molar refractivity (Wildman–Crippen MR) is 96.8 cm³/mol. The van der Waals surface area contributed by atoms with Crippen LogP contribution in [0.4, 0.5) is 4.39 Å². The summed E-state index contributed by atoms with van der Waals surface area (Å²) in [5, 5.41) is 15.3. The number of rotatable bonds is 3. The zero-order valence-corrected chi connectivity index (χ0v) is 15.8. The first-order valence-electron chi connectivity index (χ1n) is 9.35. The third-order valence-corrected chi connectivity index (χ3v) is 5.46. The van der Waals surface area contributed by atoms with Crippen LogP contribution >= 0.6 is 0 Å². The molecule has 1 saturated heterocycles. The van der Waals surface area contributed by atoms with Crippen molar-refractivity contribution in [2.75, 3.05) is 13.1 Å². The molecule has 27 heavy (non-hydrogen) atoms. The highest BCUT2D eigenvalue weighted by atomic mass is 19.1. The van der Waals surface area contributed by atoms with Crippen molar-refractivity contribution in [1.82, 2.24) is 14.7 Å². The summed E-state index contributed by atoms with van der Waals surface area (Å²) >= 11 is 0. The molecule has 0 saturated carbocycles. The number of nitrogens with zero attached hydrogens (tertiary/aromatic N) is 3. The molecule has 1 fully saturated rings. The van der Waals surface area contributed by atoms with Gasteiger partial charge in [0.15, 0.2) is 0 Å². The minimum atomic E-state index is -1.35. The molecule has 1 aromatic heterocycles. The zero-order valence-electron chi connectivity index (χ0n) is 15.8. The molecule has 1 N–H and O–H groups in total. The van der Waals surface area contributed by atoms with Gasteiger partial charge in [-0.2, -0.15) is 5.10 Å². The standard InChI is InChI=1S/C20H24FN3O3/c1-4-24-18(14-9-12(2)27-13(3)17(14)22-24)19(25)23-10-20(26,11-23)15-7-5-6-8-16(15)21/h5-8,12-13,26H,4,9-11H2,1-3H3/t12-,13+/m0/s1. The summed E-state index contributed by atoms with van der Waals surface area (Å²) in [7, 11) is 0. The lowest BCUT2D eigenvalue weighted by Gasteiger charge is -2.46. The number of β-amino-alcohol motifs (C(OH)–C–C–N with tert-alkyl or cyclic N) is 1. The number of ether oxygens (including phenoxy) is 1. The second-order valence-electron chi connectivity index (χ2n) is 7.49. The number of likely N-dealkylation sites (tertiary alicyclic amines) is 1. The van der Waals surface area contributed by atoms with E-state index in [9.17, 15) is 14.3 Å². The van der Waals surface area contributed by atoms with Gasteiger partial charge >= 0.3 is 0 Å². The highest BCUT2D eigenvalue weighted by molar-refractivity contribution is 5.95. The molecule has 2 aliphatic heterocycles. The average molecular weight is 373 g/mol. The number of aryl methyl sites for hydroxylation is 1. The van der Waals surface area contributed by atoms with E-state index in [1.807, 2.05) is 20.8 Å². The van der Waals surface area contributed by atoms with Gasteiger partial charge in [0.2, 0.25) is 0 Å². The van der Waals surface area contributed by atoms with Gasteiger partial charge in [-0.1, -0.05) is 18.2 Å². The summed E-state index contributed by atoms with van der Waals surface area (Å²) in [6.07, 6.45) is 0.488. The van der Waals surface area contributed by atoms with Crippen LogP contribution in [0.5, 0.6) is 0 Å². The molecule has 3 heterocycles. The molecular weight excluding hydrogens is 349 g/mol. The van der Waals surface area contributed by atoms with Gasteiger partial charge in [-0.25, -0.2) is 4.39 Å². The van der Waals surface area contributed by atoms with Crippen molar-refractivity contribution in [2.24, 2.45) is 0 Å². The Kier molecular flexibility index (Phi) is 4.31. The Morgan fingerprint density at radius 1 is 1.37 bits per heavy atom. The molecule has 7 heteroatoms. The summed E-state index contributed by atoms with van der Waals surface area (Å²) < 4.78 is 21.6. The second kappa shape index (κ2) is 6.42. The fourth-order valence-electron chi connectivity index (χ4n) is 4.15. The normalized spacial score (nSPS) is 23.7. The molecular formula is C20H24FN3O3. The van der Waals surface area contributed by atoms with Crippen molar-refractivity contribution < 1.29 is 19.0 Å². The molecule has 1 amide bonds. The molecule has 6 nitrogen and oxygen atoms in total. The number of hydrogen-bond acceptors (Lipinski definition) is 4. The molecule has 0 unspecified atom stereocenters. The van der Waals surface area contributed by atoms with E-state index in [1.54, 1.807) is 27.8 Å². The Hall–Kier alpha value is -2.25. The third-order valence-electron chi connectivity index (χ3n) is 5.46. The lowest BCUT2D eigenvalue weighted by Crippen LogP contribution is -2.61. The highest BCUT2D eigenvalue weighted by Gasteiger charge is 2.48. The van der Waals surface area contributed by atoms with Crippen LogP contribution in [0.1, 0.15) is 54.2 Å². The number of carbonyl (C=O) groups excluding carboxylic acids is 1. The maximum absolute atomic E-state index is 14.0. The largest absolute Gasteiger partial charge is 0.381 e. The zero-order chi connectivity index (χ0) is 19.3. The van der Waals surface area contributed by atoms with Crippen molar-refractivity contribution in [3.63, 3.8) is 0 Å². The summed E-state index contributed by atoms with van der Waals surface area (Å²) in [6, 6.07) is 6.16. The van der Waals surface area contributed by atoms with Crippen molar-refractivity contribution in [1.29, 1.82) is 0 Å². The summed E-state index contributed by atoms with van der Waals surface area (Å²) in [4.78, 5) is 14.7. The third kappa shape index (κ3) is 2.85. The van der Waals surface area contributed by atoms with Gasteiger partial charge in [0.25, 0.3) is 5.91 Å². The minimum absolute atomic E-state index is 0.0142. The van der Waals surface area contributed by atoms with Crippen LogP contribution in [-0.2, 0) is 23.3 Å². The van der Waals surface area contributed by atoms with Crippen LogP contribution in [0, 0.1) is 5.82 Å². The maximum atomic E-state index is 14.0. The Bertz CT molecular complexity index is 889. The van der Waals surface area contributed by atoms with Crippen molar-refractivity contribution in [2.45, 2.75) is 51.5 Å². The molecule has 0 radical (unpaired) electrons. The van der Waals surface area contributed by atoms with Crippen LogP contribution in [-0.4, -0.2) is 44.9 Å². The maximum Gasteiger partial charge on any atom is 0.272 e. The SMILES string of the molecule is CCn1nc2c(c1C(=O)N1CC(O)(c3ccccc3F)C1)C[C@H](C)O[C@@H]2C. The number of benzene rings is 1. The number of hydrogen-bond donors (Lipinski definition) is 1. The number of halogens is 1. The molecule has 144 valence electrons. The Morgan fingerprint density at radius 3 is 2.74 bits per heavy atom. The highest BCUT2D eigenvalue weighted by Crippen LogP contribution is 2.37. The quantitative estimate of drug-likeness (QED) is 0.897. The molecule has 0 spiro atoms. The lowest BCUT2D eigenvalue weighted by molar-refractivity contribution is -0.0888.